The molecule has 0 saturated carbocycles. The average molecular weight is 242 g/mol. The molecule has 0 unspecified atom stereocenters. The Bertz CT molecular complexity index is 572. The van der Waals surface area contributed by atoms with Crippen LogP contribution in [0.4, 0.5) is 6.01 Å². The van der Waals surface area contributed by atoms with E-state index in [0.717, 1.165) is 23.4 Å². The van der Waals surface area contributed by atoms with Crippen molar-refractivity contribution in [1.29, 1.82) is 0 Å². The van der Waals surface area contributed by atoms with E-state index >= 15 is 0 Å². The van der Waals surface area contributed by atoms with Crippen LogP contribution in [0.15, 0.2) is 22.6 Å². The summed E-state index contributed by atoms with van der Waals surface area (Å²) in [6, 6.07) is 6.89. The molecule has 1 aliphatic carbocycles. The van der Waals surface area contributed by atoms with Gasteiger partial charge in [-0.25, -0.2) is 0 Å². The fraction of sp³-hybridized carbons (Fsp3) is 0.400. The number of aromatic nitrogens is 1. The lowest BCUT2D eigenvalue weighted by Crippen LogP contribution is -2.02. The molecule has 0 atom stereocenters. The van der Waals surface area contributed by atoms with Gasteiger partial charge in [-0.3, -0.25) is 0 Å². The standard InChI is InChI=1S/C15H18N2O/c1-2-13-14(17-15(16)18-13)12-8-7-10-5-3-4-6-11(10)9-12/h7-9H,2-6H2,1H3,(H2,16,17). The molecule has 0 radical (unpaired) electrons. The fourth-order valence-electron chi connectivity index (χ4n) is 2.72. The maximum absolute atomic E-state index is 5.65. The highest BCUT2D eigenvalue weighted by Gasteiger charge is 2.15. The highest BCUT2D eigenvalue weighted by atomic mass is 16.4. The Kier molecular flexibility index (Phi) is 2.82. The summed E-state index contributed by atoms with van der Waals surface area (Å²) in [6.07, 6.45) is 5.80. The molecule has 0 fully saturated rings. The molecular weight excluding hydrogens is 224 g/mol. The summed E-state index contributed by atoms with van der Waals surface area (Å²) in [7, 11) is 0. The lowest BCUT2D eigenvalue weighted by Gasteiger charge is -2.16. The molecule has 0 saturated heterocycles. The van der Waals surface area contributed by atoms with E-state index < -0.39 is 0 Å². The third-order valence-corrected chi connectivity index (χ3v) is 3.66. The van der Waals surface area contributed by atoms with Crippen LogP contribution in [0.2, 0.25) is 0 Å². The number of anilines is 1. The van der Waals surface area contributed by atoms with Gasteiger partial charge < -0.3 is 10.2 Å². The Morgan fingerprint density at radius 3 is 2.78 bits per heavy atom. The number of aryl methyl sites for hydroxylation is 3. The summed E-state index contributed by atoms with van der Waals surface area (Å²) in [5.41, 5.74) is 10.6. The number of rotatable bonds is 2. The SMILES string of the molecule is CCc1oc(N)nc1-c1ccc2c(c1)CCCC2. The molecule has 3 nitrogen and oxygen atoms in total. The monoisotopic (exact) mass is 242 g/mol. The topological polar surface area (TPSA) is 52.0 Å². The van der Waals surface area contributed by atoms with E-state index in [4.69, 9.17) is 10.2 Å². The van der Waals surface area contributed by atoms with Crippen molar-refractivity contribution < 1.29 is 4.42 Å². The van der Waals surface area contributed by atoms with Crippen LogP contribution in [0.1, 0.15) is 36.7 Å². The van der Waals surface area contributed by atoms with Crippen LogP contribution in [-0.2, 0) is 19.3 Å². The van der Waals surface area contributed by atoms with Crippen molar-refractivity contribution in [1.82, 2.24) is 4.98 Å². The second-order valence-corrected chi connectivity index (χ2v) is 4.87. The van der Waals surface area contributed by atoms with Gasteiger partial charge in [0.1, 0.15) is 11.5 Å². The Balaban J connectivity index is 2.06. The summed E-state index contributed by atoms with van der Waals surface area (Å²) in [5.74, 6) is 0.878. The number of hydrogen-bond donors (Lipinski definition) is 1. The molecule has 3 rings (SSSR count). The van der Waals surface area contributed by atoms with Crippen LogP contribution >= 0.6 is 0 Å². The van der Waals surface area contributed by atoms with E-state index in [-0.39, 0.29) is 6.01 Å². The van der Waals surface area contributed by atoms with Gasteiger partial charge in [-0.2, -0.15) is 4.98 Å². The minimum absolute atomic E-state index is 0.263. The van der Waals surface area contributed by atoms with Gasteiger partial charge in [0, 0.05) is 12.0 Å². The first kappa shape index (κ1) is 11.3. The first-order chi connectivity index (χ1) is 8.78. The quantitative estimate of drug-likeness (QED) is 0.878. The molecule has 0 aliphatic heterocycles. The predicted molar refractivity (Wildman–Crippen MR) is 72.4 cm³/mol. The molecule has 0 spiro atoms. The zero-order chi connectivity index (χ0) is 12.5. The van der Waals surface area contributed by atoms with Crippen LogP contribution in [0.5, 0.6) is 0 Å². The summed E-state index contributed by atoms with van der Waals surface area (Å²) in [4.78, 5) is 4.31. The number of hydrogen-bond acceptors (Lipinski definition) is 3. The van der Waals surface area contributed by atoms with Gasteiger partial charge in [0.15, 0.2) is 0 Å². The highest BCUT2D eigenvalue weighted by molar-refractivity contribution is 5.64. The molecule has 2 aromatic rings. The number of nitrogen functional groups attached to an aromatic ring is 1. The molecule has 1 aromatic heterocycles. The smallest absolute Gasteiger partial charge is 0.292 e. The van der Waals surface area contributed by atoms with E-state index in [1.54, 1.807) is 0 Å². The maximum Gasteiger partial charge on any atom is 0.292 e. The predicted octanol–water partition coefficient (Wildman–Crippen LogP) is 3.37. The van der Waals surface area contributed by atoms with Crippen molar-refractivity contribution in [3.05, 3.63) is 35.1 Å². The van der Waals surface area contributed by atoms with Crippen LogP contribution in [0.25, 0.3) is 11.3 Å². The van der Waals surface area contributed by atoms with Gasteiger partial charge in [0.25, 0.3) is 6.01 Å². The van der Waals surface area contributed by atoms with E-state index in [9.17, 15) is 0 Å². The van der Waals surface area contributed by atoms with Crippen LogP contribution in [0, 0.1) is 0 Å². The van der Waals surface area contributed by atoms with Crippen molar-refractivity contribution in [3.63, 3.8) is 0 Å². The van der Waals surface area contributed by atoms with Crippen LogP contribution in [-0.4, -0.2) is 4.98 Å². The summed E-state index contributed by atoms with van der Waals surface area (Å²) < 4.78 is 5.43. The van der Waals surface area contributed by atoms with E-state index in [0.29, 0.717) is 0 Å². The van der Waals surface area contributed by atoms with Gasteiger partial charge in [0.2, 0.25) is 0 Å². The lowest BCUT2D eigenvalue weighted by molar-refractivity contribution is 0.530. The number of oxazole rings is 1. The first-order valence-corrected chi connectivity index (χ1v) is 6.65. The number of nitrogens with two attached hydrogens (primary N) is 1. The van der Waals surface area contributed by atoms with Crippen molar-refractivity contribution in [2.45, 2.75) is 39.0 Å². The summed E-state index contributed by atoms with van der Waals surface area (Å²) in [6.45, 7) is 2.06. The fourth-order valence-corrected chi connectivity index (χ4v) is 2.72. The number of nitrogens with zero attached hydrogens (tertiary/aromatic N) is 1. The molecule has 18 heavy (non-hydrogen) atoms. The second kappa shape index (κ2) is 4.48. The molecule has 1 aliphatic rings. The lowest BCUT2D eigenvalue weighted by atomic mass is 9.90. The van der Waals surface area contributed by atoms with Gasteiger partial charge in [-0.05, 0) is 42.9 Å². The van der Waals surface area contributed by atoms with Gasteiger partial charge in [0.05, 0.1) is 0 Å². The van der Waals surface area contributed by atoms with Crippen molar-refractivity contribution in [2.75, 3.05) is 5.73 Å². The van der Waals surface area contributed by atoms with Gasteiger partial charge >= 0.3 is 0 Å². The third-order valence-electron chi connectivity index (χ3n) is 3.66. The minimum Gasteiger partial charge on any atom is -0.428 e. The maximum atomic E-state index is 5.65. The third kappa shape index (κ3) is 1.90. The Hall–Kier alpha value is -1.77. The van der Waals surface area contributed by atoms with Crippen molar-refractivity contribution in [3.8, 4) is 11.3 Å². The van der Waals surface area contributed by atoms with Gasteiger partial charge in [-0.15, -0.1) is 0 Å². The zero-order valence-electron chi connectivity index (χ0n) is 10.7. The Morgan fingerprint density at radius 2 is 2.00 bits per heavy atom. The average Bonchev–Trinajstić information content (AvgIpc) is 2.79. The molecular formula is C15H18N2O. The number of benzene rings is 1. The van der Waals surface area contributed by atoms with E-state index in [1.807, 2.05) is 0 Å². The normalized spacial score (nSPS) is 14.5. The Morgan fingerprint density at radius 1 is 1.22 bits per heavy atom. The number of fused-ring (bicyclic) bond motifs is 1. The molecule has 94 valence electrons. The molecule has 3 heteroatoms. The summed E-state index contributed by atoms with van der Waals surface area (Å²) in [5, 5.41) is 0. The second-order valence-electron chi connectivity index (χ2n) is 4.87. The van der Waals surface area contributed by atoms with Gasteiger partial charge in [-0.1, -0.05) is 19.1 Å². The van der Waals surface area contributed by atoms with Crippen molar-refractivity contribution >= 4 is 6.01 Å². The van der Waals surface area contributed by atoms with E-state index in [1.165, 1.54) is 36.8 Å². The zero-order valence-corrected chi connectivity index (χ0v) is 10.7. The largest absolute Gasteiger partial charge is 0.428 e. The molecule has 0 amide bonds. The minimum atomic E-state index is 0.263. The van der Waals surface area contributed by atoms with Crippen LogP contribution in [0.3, 0.4) is 0 Å². The summed E-state index contributed by atoms with van der Waals surface area (Å²) >= 11 is 0. The molecule has 0 bridgehead atoms. The van der Waals surface area contributed by atoms with Crippen molar-refractivity contribution in [2.24, 2.45) is 0 Å². The first-order valence-electron chi connectivity index (χ1n) is 6.65. The molecule has 1 heterocycles. The molecule has 2 N–H and O–H groups in total. The van der Waals surface area contributed by atoms with E-state index in [2.05, 4.69) is 30.1 Å². The van der Waals surface area contributed by atoms with Crippen LogP contribution < -0.4 is 5.73 Å². The highest BCUT2D eigenvalue weighted by Crippen LogP contribution is 2.30. The molecule has 1 aromatic carbocycles. The Labute approximate surface area is 107 Å².